The van der Waals surface area contributed by atoms with Crippen molar-refractivity contribution >= 4 is 11.6 Å². The number of aromatic amines is 1. The monoisotopic (exact) mass is 322 g/mol. The lowest BCUT2D eigenvalue weighted by Crippen LogP contribution is -2.20. The van der Waals surface area contributed by atoms with Crippen molar-refractivity contribution in [3.8, 4) is 11.1 Å². The molecule has 3 heterocycles. The number of aromatic nitrogens is 3. The Morgan fingerprint density at radius 3 is 2.62 bits per heavy atom. The number of benzene rings is 1. The molecule has 0 bridgehead atoms. The van der Waals surface area contributed by atoms with Crippen molar-refractivity contribution in [2.24, 2.45) is 0 Å². The van der Waals surface area contributed by atoms with E-state index >= 15 is 0 Å². The molecule has 1 fully saturated rings. The molecular formula is C18H18N4O2. The highest BCUT2D eigenvalue weighted by Crippen LogP contribution is 2.28. The van der Waals surface area contributed by atoms with Gasteiger partial charge in [0.2, 0.25) is 5.91 Å². The van der Waals surface area contributed by atoms with Crippen LogP contribution in [0.25, 0.3) is 16.8 Å². The first kappa shape index (κ1) is 14.7. The second kappa shape index (κ2) is 5.33. The summed E-state index contributed by atoms with van der Waals surface area (Å²) < 4.78 is 1.44. The third-order valence-electron chi connectivity index (χ3n) is 4.64. The molecule has 4 rings (SSSR count). The van der Waals surface area contributed by atoms with Crippen molar-refractivity contribution < 1.29 is 4.79 Å². The van der Waals surface area contributed by atoms with E-state index in [1.165, 1.54) is 16.1 Å². The summed E-state index contributed by atoms with van der Waals surface area (Å²) in [6.45, 7) is 2.64. The molecule has 1 aromatic carbocycles. The van der Waals surface area contributed by atoms with Crippen LogP contribution >= 0.6 is 0 Å². The first-order valence-electron chi connectivity index (χ1n) is 7.95. The van der Waals surface area contributed by atoms with E-state index in [0.29, 0.717) is 24.3 Å². The van der Waals surface area contributed by atoms with Crippen molar-refractivity contribution in [2.45, 2.75) is 19.3 Å². The van der Waals surface area contributed by atoms with E-state index < -0.39 is 0 Å². The van der Waals surface area contributed by atoms with Crippen molar-refractivity contribution in [1.29, 1.82) is 0 Å². The molecule has 0 aliphatic carbocycles. The zero-order valence-corrected chi connectivity index (χ0v) is 13.6. The van der Waals surface area contributed by atoms with Gasteiger partial charge in [0.15, 0.2) is 5.65 Å². The molecule has 1 N–H and O–H groups in total. The molecule has 0 radical (unpaired) electrons. The Labute approximate surface area is 138 Å². The Morgan fingerprint density at radius 2 is 1.96 bits per heavy atom. The van der Waals surface area contributed by atoms with Gasteiger partial charge in [0, 0.05) is 43.8 Å². The summed E-state index contributed by atoms with van der Waals surface area (Å²) in [6.07, 6.45) is 2.20. The van der Waals surface area contributed by atoms with Gasteiger partial charge in [-0.05, 0) is 12.5 Å². The van der Waals surface area contributed by atoms with Crippen LogP contribution in [-0.2, 0) is 4.79 Å². The van der Waals surface area contributed by atoms with Gasteiger partial charge in [-0.1, -0.05) is 29.8 Å². The molecule has 0 spiro atoms. The average molecular weight is 322 g/mol. The number of H-pyrrole nitrogens is 1. The predicted molar refractivity (Wildman–Crippen MR) is 91.0 cm³/mol. The van der Waals surface area contributed by atoms with Crippen LogP contribution in [0.3, 0.4) is 0 Å². The number of nitrogens with one attached hydrogen (secondary N) is 1. The van der Waals surface area contributed by atoms with Crippen LogP contribution in [0, 0.1) is 6.92 Å². The predicted octanol–water partition coefficient (Wildman–Crippen LogP) is 1.94. The quantitative estimate of drug-likeness (QED) is 0.784. The third-order valence-corrected chi connectivity index (χ3v) is 4.64. The molecule has 0 unspecified atom stereocenters. The smallest absolute Gasteiger partial charge is 0.272 e. The summed E-state index contributed by atoms with van der Waals surface area (Å²) in [5, 5.41) is 2.97. The summed E-state index contributed by atoms with van der Waals surface area (Å²) in [5.74, 6) is 0.0655. The van der Waals surface area contributed by atoms with Gasteiger partial charge in [-0.25, -0.2) is 9.50 Å². The molecule has 1 saturated heterocycles. The van der Waals surface area contributed by atoms with Crippen molar-refractivity contribution in [3.05, 3.63) is 58.1 Å². The zero-order chi connectivity index (χ0) is 16.8. The minimum absolute atomic E-state index is 0.0269. The fraction of sp³-hybridized carbons (Fsp3) is 0.278. The number of carbonyl (C=O) groups excluding carboxylic acids is 1. The first-order valence-corrected chi connectivity index (χ1v) is 7.95. The molecule has 0 saturated carbocycles. The van der Waals surface area contributed by atoms with Gasteiger partial charge >= 0.3 is 0 Å². The summed E-state index contributed by atoms with van der Waals surface area (Å²) in [7, 11) is 1.78. The lowest BCUT2D eigenvalue weighted by atomic mass is 10.0. The van der Waals surface area contributed by atoms with Crippen LogP contribution in [0.15, 0.2) is 41.3 Å². The molecule has 1 aliphatic heterocycles. The van der Waals surface area contributed by atoms with Crippen LogP contribution < -0.4 is 5.56 Å². The van der Waals surface area contributed by atoms with Gasteiger partial charge in [0.25, 0.3) is 5.56 Å². The molecule has 6 nitrogen and oxygen atoms in total. The Morgan fingerprint density at radius 1 is 1.21 bits per heavy atom. The molecule has 1 amide bonds. The summed E-state index contributed by atoms with van der Waals surface area (Å²) in [4.78, 5) is 30.6. The minimum atomic E-state index is -0.157. The first-order chi connectivity index (χ1) is 11.5. The Kier molecular flexibility index (Phi) is 3.26. The molecule has 1 aliphatic rings. The van der Waals surface area contributed by atoms with Crippen molar-refractivity contribution in [2.75, 3.05) is 13.6 Å². The van der Waals surface area contributed by atoms with Crippen molar-refractivity contribution in [3.63, 3.8) is 0 Å². The SMILES string of the molecule is Cc1ccc(-c2c[nH]n3c(=O)cc([C@@H]4CC(=O)N(C)C4)nc23)cc1. The maximum Gasteiger partial charge on any atom is 0.272 e. The second-order valence-electron chi connectivity index (χ2n) is 6.41. The lowest BCUT2D eigenvalue weighted by molar-refractivity contribution is -0.126. The van der Waals surface area contributed by atoms with Gasteiger partial charge in [0.1, 0.15) is 0 Å². The van der Waals surface area contributed by atoms with E-state index in [1.807, 2.05) is 31.2 Å². The number of hydrogen-bond donors (Lipinski definition) is 1. The van der Waals surface area contributed by atoms with E-state index in [0.717, 1.165) is 11.1 Å². The van der Waals surface area contributed by atoms with E-state index in [2.05, 4.69) is 5.10 Å². The van der Waals surface area contributed by atoms with Crippen LogP contribution in [0.4, 0.5) is 0 Å². The number of rotatable bonds is 2. The molecule has 3 aromatic rings. The van der Waals surface area contributed by atoms with E-state index in [1.54, 1.807) is 18.1 Å². The number of nitrogens with zero attached hydrogens (tertiary/aromatic N) is 3. The number of aryl methyl sites for hydroxylation is 1. The topological polar surface area (TPSA) is 70.5 Å². The number of carbonyl (C=O) groups is 1. The van der Waals surface area contributed by atoms with E-state index in [-0.39, 0.29) is 17.4 Å². The molecule has 122 valence electrons. The Balaban J connectivity index is 1.84. The standard InChI is InChI=1S/C18H18N4O2/c1-11-3-5-12(6-4-11)14-9-19-22-17(24)8-15(20-18(14)22)13-7-16(23)21(2)10-13/h3-6,8-9,13,19H,7,10H2,1-2H3/t13-/m1/s1. The fourth-order valence-electron chi connectivity index (χ4n) is 3.22. The highest BCUT2D eigenvalue weighted by Gasteiger charge is 2.29. The van der Waals surface area contributed by atoms with Crippen molar-refractivity contribution in [1.82, 2.24) is 19.5 Å². The number of likely N-dealkylation sites (N-methyl/N-ethyl adjacent to an activating group) is 1. The molecule has 24 heavy (non-hydrogen) atoms. The minimum Gasteiger partial charge on any atom is -0.345 e. The van der Waals surface area contributed by atoms with Crippen LogP contribution in [0.5, 0.6) is 0 Å². The number of amides is 1. The van der Waals surface area contributed by atoms with Gasteiger partial charge < -0.3 is 4.90 Å². The highest BCUT2D eigenvalue weighted by atomic mass is 16.2. The van der Waals surface area contributed by atoms with Gasteiger partial charge in [-0.15, -0.1) is 0 Å². The summed E-state index contributed by atoms with van der Waals surface area (Å²) in [6, 6.07) is 9.63. The van der Waals surface area contributed by atoms with E-state index in [4.69, 9.17) is 4.98 Å². The molecule has 1 atom stereocenters. The van der Waals surface area contributed by atoms with Crippen LogP contribution in [0.1, 0.15) is 23.6 Å². The second-order valence-corrected chi connectivity index (χ2v) is 6.41. The number of likely N-dealkylation sites (tertiary alicyclic amines) is 1. The normalized spacial score (nSPS) is 17.8. The van der Waals surface area contributed by atoms with Gasteiger partial charge in [-0.3, -0.25) is 14.7 Å². The van der Waals surface area contributed by atoms with Crippen LogP contribution in [-0.4, -0.2) is 39.0 Å². The number of fused-ring (bicyclic) bond motifs is 1. The molecule has 6 heteroatoms. The fourth-order valence-corrected chi connectivity index (χ4v) is 3.22. The van der Waals surface area contributed by atoms with Crippen LogP contribution in [0.2, 0.25) is 0 Å². The van der Waals surface area contributed by atoms with Gasteiger partial charge in [-0.2, -0.15) is 0 Å². The molecule has 2 aromatic heterocycles. The third kappa shape index (κ3) is 2.31. The lowest BCUT2D eigenvalue weighted by Gasteiger charge is -2.10. The highest BCUT2D eigenvalue weighted by molar-refractivity contribution is 5.80. The summed E-state index contributed by atoms with van der Waals surface area (Å²) in [5.41, 5.74) is 4.19. The number of hydrogen-bond acceptors (Lipinski definition) is 3. The Bertz CT molecular complexity index is 984. The molecular weight excluding hydrogens is 304 g/mol. The maximum absolute atomic E-state index is 12.4. The maximum atomic E-state index is 12.4. The van der Waals surface area contributed by atoms with E-state index in [9.17, 15) is 9.59 Å². The Hall–Kier alpha value is -2.89. The largest absolute Gasteiger partial charge is 0.345 e. The summed E-state index contributed by atoms with van der Waals surface area (Å²) >= 11 is 0. The van der Waals surface area contributed by atoms with Gasteiger partial charge in [0.05, 0.1) is 5.69 Å². The average Bonchev–Trinajstić information content (AvgIpc) is 3.13. The zero-order valence-electron chi connectivity index (χ0n) is 13.6.